The standard InChI is InChI=1S/C8H14F3N3O/c9-8(10,11)4-14-7(15)13-3-6(12)5-1-2-5/h5-6H,1-4,12H2,(H2,13,14,15). The number of amides is 2. The number of alkyl halides is 3. The van der Waals surface area contributed by atoms with E-state index in [1.165, 1.54) is 0 Å². The van der Waals surface area contributed by atoms with Crippen molar-refractivity contribution in [2.24, 2.45) is 11.7 Å². The second kappa shape index (κ2) is 4.69. The molecule has 0 saturated heterocycles. The van der Waals surface area contributed by atoms with Crippen molar-refractivity contribution in [3.63, 3.8) is 0 Å². The number of hydrogen-bond acceptors (Lipinski definition) is 2. The summed E-state index contributed by atoms with van der Waals surface area (Å²) in [6.07, 6.45) is -2.31. The van der Waals surface area contributed by atoms with E-state index in [4.69, 9.17) is 5.73 Å². The number of carbonyl (C=O) groups excluding carboxylic acids is 1. The summed E-state index contributed by atoms with van der Waals surface area (Å²) in [6.45, 7) is -1.11. The van der Waals surface area contributed by atoms with E-state index in [0.29, 0.717) is 5.92 Å². The van der Waals surface area contributed by atoms with Crippen LogP contribution in [0.1, 0.15) is 12.8 Å². The van der Waals surface area contributed by atoms with E-state index in [1.54, 1.807) is 5.32 Å². The zero-order valence-electron chi connectivity index (χ0n) is 8.10. The smallest absolute Gasteiger partial charge is 0.337 e. The number of urea groups is 1. The average molecular weight is 225 g/mol. The summed E-state index contributed by atoms with van der Waals surface area (Å²) in [7, 11) is 0. The first-order valence-corrected chi connectivity index (χ1v) is 4.72. The van der Waals surface area contributed by atoms with Gasteiger partial charge >= 0.3 is 12.2 Å². The fourth-order valence-electron chi connectivity index (χ4n) is 1.14. The predicted octanol–water partition coefficient (Wildman–Crippen LogP) is 0.585. The molecule has 1 rings (SSSR count). The number of hydrogen-bond donors (Lipinski definition) is 3. The van der Waals surface area contributed by atoms with Crippen LogP contribution in [0.15, 0.2) is 0 Å². The lowest BCUT2D eigenvalue weighted by Crippen LogP contribution is -2.45. The predicted molar refractivity (Wildman–Crippen MR) is 48.2 cm³/mol. The van der Waals surface area contributed by atoms with Crippen LogP contribution in [0.4, 0.5) is 18.0 Å². The maximum absolute atomic E-state index is 11.7. The van der Waals surface area contributed by atoms with Crippen LogP contribution in [-0.4, -0.2) is 31.3 Å². The van der Waals surface area contributed by atoms with Gasteiger partial charge in [-0.2, -0.15) is 13.2 Å². The molecule has 1 atom stereocenters. The molecular formula is C8H14F3N3O. The molecule has 4 N–H and O–H groups in total. The molecule has 1 saturated carbocycles. The van der Waals surface area contributed by atoms with Gasteiger partial charge < -0.3 is 16.4 Å². The number of nitrogens with two attached hydrogens (primary N) is 1. The highest BCUT2D eigenvalue weighted by Crippen LogP contribution is 2.31. The summed E-state index contributed by atoms with van der Waals surface area (Å²) in [6, 6.07) is -0.981. The Kier molecular flexibility index (Phi) is 3.78. The summed E-state index contributed by atoms with van der Waals surface area (Å²) in [5, 5.41) is 4.01. The fraction of sp³-hybridized carbons (Fsp3) is 0.875. The summed E-state index contributed by atoms with van der Waals surface area (Å²) >= 11 is 0. The van der Waals surface area contributed by atoms with Gasteiger partial charge in [-0.3, -0.25) is 0 Å². The van der Waals surface area contributed by atoms with Crippen molar-refractivity contribution in [1.29, 1.82) is 0 Å². The number of nitrogens with one attached hydrogen (secondary N) is 2. The minimum atomic E-state index is -4.38. The molecule has 0 aliphatic heterocycles. The van der Waals surface area contributed by atoms with E-state index < -0.39 is 18.8 Å². The quantitative estimate of drug-likeness (QED) is 0.655. The van der Waals surface area contributed by atoms with Gasteiger partial charge in [0.05, 0.1) is 0 Å². The van der Waals surface area contributed by atoms with Gasteiger partial charge in [0.2, 0.25) is 0 Å². The summed E-state index contributed by atoms with van der Waals surface area (Å²) in [5.74, 6) is 0.410. The molecule has 1 aliphatic carbocycles. The highest BCUT2D eigenvalue weighted by Gasteiger charge is 2.29. The van der Waals surface area contributed by atoms with Crippen molar-refractivity contribution in [2.75, 3.05) is 13.1 Å². The molecule has 0 aromatic heterocycles. The SMILES string of the molecule is NC(CNC(=O)NCC(F)(F)F)C1CC1. The maximum Gasteiger partial charge on any atom is 0.405 e. The van der Waals surface area contributed by atoms with Gasteiger partial charge in [-0.05, 0) is 18.8 Å². The van der Waals surface area contributed by atoms with Gasteiger partial charge in [0.15, 0.2) is 0 Å². The lowest BCUT2D eigenvalue weighted by Gasteiger charge is -2.13. The van der Waals surface area contributed by atoms with Crippen molar-refractivity contribution in [1.82, 2.24) is 10.6 Å². The van der Waals surface area contributed by atoms with E-state index in [2.05, 4.69) is 5.32 Å². The Labute approximate surface area is 85.4 Å². The lowest BCUT2D eigenvalue weighted by molar-refractivity contribution is -0.122. The van der Waals surface area contributed by atoms with Crippen LogP contribution in [-0.2, 0) is 0 Å². The Morgan fingerprint density at radius 1 is 1.40 bits per heavy atom. The lowest BCUT2D eigenvalue weighted by atomic mass is 10.2. The fourth-order valence-corrected chi connectivity index (χ4v) is 1.14. The van der Waals surface area contributed by atoms with Crippen molar-refractivity contribution in [2.45, 2.75) is 25.1 Å². The maximum atomic E-state index is 11.7. The van der Waals surface area contributed by atoms with Crippen LogP contribution in [0.2, 0.25) is 0 Å². The highest BCUT2D eigenvalue weighted by molar-refractivity contribution is 5.73. The van der Waals surface area contributed by atoms with Crippen LogP contribution in [0, 0.1) is 5.92 Å². The highest BCUT2D eigenvalue weighted by atomic mass is 19.4. The molecule has 0 heterocycles. The van der Waals surface area contributed by atoms with Crippen LogP contribution in [0.3, 0.4) is 0 Å². The number of halogens is 3. The molecule has 1 unspecified atom stereocenters. The second-order valence-corrected chi connectivity index (χ2v) is 3.68. The Balaban J connectivity index is 2.07. The first-order valence-electron chi connectivity index (χ1n) is 4.72. The summed E-state index contributed by atoms with van der Waals surface area (Å²) in [5.41, 5.74) is 5.64. The molecule has 15 heavy (non-hydrogen) atoms. The Bertz CT molecular complexity index is 228. The van der Waals surface area contributed by atoms with E-state index in [1.807, 2.05) is 0 Å². The molecule has 0 aromatic carbocycles. The number of rotatable bonds is 4. The molecular weight excluding hydrogens is 211 g/mol. The molecule has 88 valence electrons. The van der Waals surface area contributed by atoms with Gasteiger partial charge in [0, 0.05) is 12.6 Å². The first kappa shape index (κ1) is 12.1. The second-order valence-electron chi connectivity index (χ2n) is 3.68. The van der Waals surface area contributed by atoms with Crippen molar-refractivity contribution >= 4 is 6.03 Å². The Hall–Kier alpha value is -0.980. The number of carbonyl (C=O) groups is 1. The molecule has 0 radical (unpaired) electrons. The van der Waals surface area contributed by atoms with Crippen molar-refractivity contribution < 1.29 is 18.0 Å². The minimum Gasteiger partial charge on any atom is -0.337 e. The van der Waals surface area contributed by atoms with E-state index >= 15 is 0 Å². The van der Waals surface area contributed by atoms with Gasteiger partial charge in [0.25, 0.3) is 0 Å². The van der Waals surface area contributed by atoms with Gasteiger partial charge in [0.1, 0.15) is 6.54 Å². The zero-order chi connectivity index (χ0) is 11.5. The molecule has 1 aliphatic rings. The molecule has 1 fully saturated rings. The van der Waals surface area contributed by atoms with Crippen LogP contribution < -0.4 is 16.4 Å². The van der Waals surface area contributed by atoms with E-state index in [-0.39, 0.29) is 12.6 Å². The topological polar surface area (TPSA) is 67.1 Å². The first-order chi connectivity index (χ1) is 6.88. The molecule has 4 nitrogen and oxygen atoms in total. The van der Waals surface area contributed by atoms with Crippen LogP contribution >= 0.6 is 0 Å². The van der Waals surface area contributed by atoms with Gasteiger partial charge in [-0.15, -0.1) is 0 Å². The van der Waals surface area contributed by atoms with Crippen LogP contribution in [0.5, 0.6) is 0 Å². The molecule has 2 amide bonds. The molecule has 0 spiro atoms. The summed E-state index contributed by atoms with van der Waals surface area (Å²) in [4.78, 5) is 10.9. The third-order valence-electron chi connectivity index (χ3n) is 2.18. The third-order valence-corrected chi connectivity index (χ3v) is 2.18. The summed E-state index contributed by atoms with van der Waals surface area (Å²) < 4.78 is 35.1. The molecule has 0 aromatic rings. The molecule has 7 heteroatoms. The Morgan fingerprint density at radius 2 is 2.00 bits per heavy atom. The van der Waals surface area contributed by atoms with Gasteiger partial charge in [-0.1, -0.05) is 0 Å². The van der Waals surface area contributed by atoms with E-state index in [0.717, 1.165) is 12.8 Å². The van der Waals surface area contributed by atoms with Crippen molar-refractivity contribution in [3.8, 4) is 0 Å². The largest absolute Gasteiger partial charge is 0.405 e. The van der Waals surface area contributed by atoms with Gasteiger partial charge in [-0.25, -0.2) is 4.79 Å². The Morgan fingerprint density at radius 3 is 2.47 bits per heavy atom. The third kappa shape index (κ3) is 5.46. The monoisotopic (exact) mass is 225 g/mol. The van der Waals surface area contributed by atoms with Crippen molar-refractivity contribution in [3.05, 3.63) is 0 Å². The average Bonchev–Trinajstić information content (AvgIpc) is 2.92. The van der Waals surface area contributed by atoms with Crippen LogP contribution in [0.25, 0.3) is 0 Å². The minimum absolute atomic E-state index is 0.151. The van der Waals surface area contributed by atoms with E-state index in [9.17, 15) is 18.0 Å². The zero-order valence-corrected chi connectivity index (χ0v) is 8.10. The molecule has 0 bridgehead atoms. The normalized spacial score (nSPS) is 18.4.